The average Bonchev–Trinajstić information content (AvgIpc) is 1.87. The van der Waals surface area contributed by atoms with Crippen LogP contribution in [0.2, 0.25) is 0 Å². The van der Waals surface area contributed by atoms with E-state index < -0.39 is 11.3 Å². The molecule has 0 aliphatic heterocycles. The number of rotatable bonds is 4. The minimum Gasteiger partial charge on any atom is -0.392 e. The van der Waals surface area contributed by atoms with Gasteiger partial charge in [-0.1, -0.05) is 6.92 Å². The molecule has 0 heterocycles. The first kappa shape index (κ1) is 9.88. The maximum Gasteiger partial charge on any atom is 0.224 e. The maximum absolute atomic E-state index is 10.4. The van der Waals surface area contributed by atoms with Gasteiger partial charge in [0.1, 0.15) is 0 Å². The number of carbonyl (C=O) groups is 1. The van der Waals surface area contributed by atoms with Crippen LogP contribution in [0.1, 0.15) is 13.3 Å². The molecule has 4 heteroatoms. The van der Waals surface area contributed by atoms with Gasteiger partial charge in [0.15, 0.2) is 0 Å². The summed E-state index contributed by atoms with van der Waals surface area (Å²) < 4.78 is 0. The fourth-order valence-electron chi connectivity index (χ4n) is 0.597. The predicted octanol–water partition coefficient (Wildman–Crippen LogP) is 0.0976. The number of halogens is 1. The van der Waals surface area contributed by atoms with E-state index >= 15 is 0 Å². The van der Waals surface area contributed by atoms with Crippen LogP contribution in [0, 0.1) is 5.92 Å². The summed E-state index contributed by atoms with van der Waals surface area (Å²) in [4.78, 5) is 10.4. The monoisotopic (exact) mass is 165 g/mol. The van der Waals surface area contributed by atoms with Gasteiger partial charge in [-0.15, -0.1) is 0 Å². The molecule has 2 atom stereocenters. The van der Waals surface area contributed by atoms with Gasteiger partial charge in [-0.05, 0) is 18.0 Å². The molecule has 2 unspecified atom stereocenters. The summed E-state index contributed by atoms with van der Waals surface area (Å²) in [6.45, 7) is 1.84. The second kappa shape index (κ2) is 4.66. The molecule has 0 aromatic rings. The van der Waals surface area contributed by atoms with E-state index in [1.807, 2.05) is 0 Å². The molecule has 0 aromatic heterocycles. The van der Waals surface area contributed by atoms with E-state index in [4.69, 9.17) is 22.4 Å². The van der Waals surface area contributed by atoms with Crippen LogP contribution in [-0.4, -0.2) is 23.0 Å². The highest BCUT2D eigenvalue weighted by atomic mass is 35.5. The van der Waals surface area contributed by atoms with Crippen LogP contribution in [-0.2, 0) is 4.79 Å². The van der Waals surface area contributed by atoms with Crippen molar-refractivity contribution < 1.29 is 9.90 Å². The Morgan fingerprint density at radius 2 is 2.30 bits per heavy atom. The number of carbonyl (C=O) groups excluding carboxylic acids is 1. The standard InChI is InChI=1S/C6H12ClNO2/c1-4(6(7)10)2-5(9)3-8/h4-5,9H,2-3,8H2,1H3. The number of hydrogen-bond acceptors (Lipinski definition) is 3. The molecule has 0 saturated heterocycles. The second-order valence-corrected chi connectivity index (χ2v) is 2.70. The lowest BCUT2D eigenvalue weighted by Gasteiger charge is -2.09. The average molecular weight is 166 g/mol. The van der Waals surface area contributed by atoms with Crippen molar-refractivity contribution in [3.63, 3.8) is 0 Å². The molecule has 3 nitrogen and oxygen atoms in total. The molecule has 0 aromatic carbocycles. The highest BCUT2D eigenvalue weighted by Crippen LogP contribution is 2.08. The van der Waals surface area contributed by atoms with Crippen molar-refractivity contribution >= 4 is 16.8 Å². The molecule has 0 amide bonds. The molecule has 3 N–H and O–H groups in total. The Hall–Kier alpha value is -0.120. The van der Waals surface area contributed by atoms with E-state index in [0.29, 0.717) is 6.42 Å². The Bertz CT molecular complexity index is 118. The quantitative estimate of drug-likeness (QED) is 0.581. The van der Waals surface area contributed by atoms with Crippen LogP contribution in [0.25, 0.3) is 0 Å². The molecule has 0 aliphatic carbocycles. The predicted molar refractivity (Wildman–Crippen MR) is 39.7 cm³/mol. The molecule has 0 bridgehead atoms. The van der Waals surface area contributed by atoms with Crippen LogP contribution in [0.5, 0.6) is 0 Å². The zero-order valence-electron chi connectivity index (χ0n) is 5.88. The van der Waals surface area contributed by atoms with Crippen molar-refractivity contribution in [3.05, 3.63) is 0 Å². The number of hydrogen-bond donors (Lipinski definition) is 2. The van der Waals surface area contributed by atoms with E-state index in [1.165, 1.54) is 0 Å². The third-order valence-electron chi connectivity index (χ3n) is 1.29. The van der Waals surface area contributed by atoms with Gasteiger partial charge in [0.05, 0.1) is 6.10 Å². The molecule has 0 saturated carbocycles. The third kappa shape index (κ3) is 3.82. The highest BCUT2D eigenvalue weighted by Gasteiger charge is 2.13. The number of aliphatic hydroxyl groups is 1. The first-order valence-corrected chi connectivity index (χ1v) is 3.53. The lowest BCUT2D eigenvalue weighted by atomic mass is 10.1. The minimum absolute atomic E-state index is 0.175. The normalized spacial score (nSPS) is 16.4. The summed E-state index contributed by atoms with van der Waals surface area (Å²) in [5, 5.41) is 8.52. The van der Waals surface area contributed by atoms with E-state index in [2.05, 4.69) is 0 Å². The summed E-state index contributed by atoms with van der Waals surface area (Å²) >= 11 is 5.14. The zero-order valence-corrected chi connectivity index (χ0v) is 6.64. The van der Waals surface area contributed by atoms with Crippen LogP contribution in [0.4, 0.5) is 0 Å². The molecular weight excluding hydrogens is 154 g/mol. The van der Waals surface area contributed by atoms with Gasteiger partial charge >= 0.3 is 0 Å². The molecule has 0 rings (SSSR count). The Labute approximate surface area is 65.2 Å². The lowest BCUT2D eigenvalue weighted by Crippen LogP contribution is -2.23. The molecule has 0 radical (unpaired) electrons. The van der Waals surface area contributed by atoms with Crippen LogP contribution >= 0.6 is 11.6 Å². The summed E-state index contributed by atoms with van der Waals surface area (Å²) in [6.07, 6.45) is -0.267. The highest BCUT2D eigenvalue weighted by molar-refractivity contribution is 6.63. The number of nitrogens with two attached hydrogens (primary N) is 1. The van der Waals surface area contributed by atoms with Crippen molar-refractivity contribution in [2.24, 2.45) is 11.7 Å². The Morgan fingerprint density at radius 1 is 1.80 bits per heavy atom. The molecule has 10 heavy (non-hydrogen) atoms. The van der Waals surface area contributed by atoms with Crippen molar-refractivity contribution in [2.45, 2.75) is 19.4 Å². The van der Waals surface area contributed by atoms with Gasteiger partial charge in [0.25, 0.3) is 0 Å². The molecule has 0 spiro atoms. The van der Waals surface area contributed by atoms with Gasteiger partial charge in [0, 0.05) is 12.5 Å². The SMILES string of the molecule is CC(CC(O)CN)C(=O)Cl. The molecular formula is C6H12ClNO2. The van der Waals surface area contributed by atoms with Crippen molar-refractivity contribution in [3.8, 4) is 0 Å². The van der Waals surface area contributed by atoms with Gasteiger partial charge < -0.3 is 10.8 Å². The topological polar surface area (TPSA) is 63.3 Å². The zero-order chi connectivity index (χ0) is 8.15. The smallest absolute Gasteiger partial charge is 0.224 e. The molecule has 0 aliphatic rings. The van der Waals surface area contributed by atoms with Crippen molar-refractivity contribution in [1.82, 2.24) is 0 Å². The second-order valence-electron chi connectivity index (χ2n) is 2.33. The van der Waals surface area contributed by atoms with E-state index in [1.54, 1.807) is 6.92 Å². The summed E-state index contributed by atoms with van der Waals surface area (Å²) in [5.74, 6) is -0.305. The minimum atomic E-state index is -0.613. The van der Waals surface area contributed by atoms with Gasteiger partial charge in [-0.2, -0.15) is 0 Å². The fraction of sp³-hybridized carbons (Fsp3) is 0.833. The van der Waals surface area contributed by atoms with Gasteiger partial charge in [-0.25, -0.2) is 0 Å². The Morgan fingerprint density at radius 3 is 2.60 bits per heavy atom. The summed E-state index contributed by atoms with van der Waals surface area (Å²) in [6, 6.07) is 0. The Balaban J connectivity index is 3.56. The van der Waals surface area contributed by atoms with E-state index in [-0.39, 0.29) is 12.5 Å². The molecule has 60 valence electrons. The number of aliphatic hydroxyl groups excluding tert-OH is 1. The maximum atomic E-state index is 10.4. The van der Waals surface area contributed by atoms with E-state index in [0.717, 1.165) is 0 Å². The van der Waals surface area contributed by atoms with Crippen molar-refractivity contribution in [2.75, 3.05) is 6.54 Å². The summed E-state index contributed by atoms with van der Waals surface area (Å²) in [5.41, 5.74) is 5.12. The van der Waals surface area contributed by atoms with Gasteiger partial charge in [-0.3, -0.25) is 4.79 Å². The fourth-order valence-corrected chi connectivity index (χ4v) is 0.686. The van der Waals surface area contributed by atoms with E-state index in [9.17, 15) is 4.79 Å². The largest absolute Gasteiger partial charge is 0.392 e. The van der Waals surface area contributed by atoms with Crippen LogP contribution in [0.3, 0.4) is 0 Å². The Kier molecular flexibility index (Phi) is 4.60. The molecule has 0 fully saturated rings. The lowest BCUT2D eigenvalue weighted by molar-refractivity contribution is -0.115. The van der Waals surface area contributed by atoms with Crippen LogP contribution < -0.4 is 5.73 Å². The summed E-state index contributed by atoms with van der Waals surface area (Å²) in [7, 11) is 0. The van der Waals surface area contributed by atoms with Crippen molar-refractivity contribution in [1.29, 1.82) is 0 Å². The van der Waals surface area contributed by atoms with Gasteiger partial charge in [0.2, 0.25) is 5.24 Å². The first-order valence-electron chi connectivity index (χ1n) is 3.15. The van der Waals surface area contributed by atoms with Crippen LogP contribution in [0.15, 0.2) is 0 Å². The first-order chi connectivity index (χ1) is 4.57. The third-order valence-corrected chi connectivity index (χ3v) is 1.66.